The van der Waals surface area contributed by atoms with Gasteiger partial charge in [-0.05, 0) is 54.8 Å². The number of aliphatic imine (C=N–C) groups is 1. The third kappa shape index (κ3) is 3.48. The molecule has 3 heterocycles. The number of guanidine groups is 1. The Hall–Kier alpha value is -2.24. The number of nitrogens with zero attached hydrogens (tertiary/aromatic N) is 5. The average molecular weight is 509 g/mol. The number of carbonyl (C=O) groups is 1. The Morgan fingerprint density at radius 3 is 2.77 bits per heavy atom. The van der Waals surface area contributed by atoms with Gasteiger partial charge in [0.15, 0.2) is 0 Å². The highest BCUT2D eigenvalue weighted by atomic mass is 79.9. The fourth-order valence-electron chi connectivity index (χ4n) is 3.80. The summed E-state index contributed by atoms with van der Waals surface area (Å²) in [5.74, 6) is -0.480. The van der Waals surface area contributed by atoms with Crippen molar-refractivity contribution in [3.8, 4) is 0 Å². The number of hydrogen-bond donors (Lipinski definition) is 1. The van der Waals surface area contributed by atoms with Crippen molar-refractivity contribution < 1.29 is 16.0 Å². The molecular formula is C20H23BrN6O3S. The third-order valence-corrected chi connectivity index (χ3v) is 7.92. The lowest BCUT2D eigenvalue weighted by Gasteiger charge is -2.38. The molecule has 1 atom stereocenters. The molecule has 164 valence electrons. The van der Waals surface area contributed by atoms with Crippen molar-refractivity contribution in [3.05, 3.63) is 40.1 Å². The van der Waals surface area contributed by atoms with Gasteiger partial charge in [-0.2, -0.15) is 5.10 Å². The second kappa shape index (κ2) is 6.88. The van der Waals surface area contributed by atoms with Gasteiger partial charge in [0.25, 0.3) is 5.91 Å². The molecule has 0 spiro atoms. The molecule has 2 aliphatic heterocycles. The summed E-state index contributed by atoms with van der Waals surface area (Å²) >= 11 is 3.46. The quantitative estimate of drug-likeness (QED) is 0.667. The lowest BCUT2D eigenvalue weighted by atomic mass is 10.1. The lowest BCUT2D eigenvalue weighted by molar-refractivity contribution is 0.0832. The van der Waals surface area contributed by atoms with E-state index < -0.39 is 28.0 Å². The summed E-state index contributed by atoms with van der Waals surface area (Å²) < 4.78 is 48.3. The van der Waals surface area contributed by atoms with E-state index in [1.807, 2.05) is 13.8 Å². The molecule has 1 aromatic carbocycles. The number of aromatic nitrogens is 2. The molecule has 9 nitrogen and oxygen atoms in total. The van der Waals surface area contributed by atoms with E-state index in [0.717, 1.165) is 17.7 Å². The number of carbonyl (C=O) groups excluding carboxylic acids is 1. The predicted molar refractivity (Wildman–Crippen MR) is 119 cm³/mol. The fraction of sp³-hybridized carbons (Fsp3) is 0.450. The van der Waals surface area contributed by atoms with Crippen LogP contribution in [0.2, 0.25) is 0 Å². The normalized spacial score (nSPS) is 23.2. The maximum absolute atomic E-state index is 13.7. The summed E-state index contributed by atoms with van der Waals surface area (Å²) in [7, 11) is -2.22. The van der Waals surface area contributed by atoms with Crippen molar-refractivity contribution in [2.45, 2.75) is 49.7 Å². The summed E-state index contributed by atoms with van der Waals surface area (Å²) in [6, 6.07) is 2.65. The van der Waals surface area contributed by atoms with E-state index in [9.17, 15) is 13.2 Å². The summed E-state index contributed by atoms with van der Waals surface area (Å²) in [4.78, 5) is 20.9. The minimum absolute atomic E-state index is 0.0521. The first-order chi connectivity index (χ1) is 15.3. The minimum Gasteiger partial charge on any atom is -0.306 e. The van der Waals surface area contributed by atoms with E-state index in [-0.39, 0.29) is 28.0 Å². The second-order valence-electron chi connectivity index (χ2n) is 8.48. The zero-order chi connectivity index (χ0) is 23.9. The van der Waals surface area contributed by atoms with E-state index in [2.05, 4.69) is 30.7 Å². The zero-order valence-electron chi connectivity index (χ0n) is 19.3. The maximum Gasteiger partial charge on any atom is 0.263 e. The van der Waals surface area contributed by atoms with E-state index in [1.54, 1.807) is 11.9 Å². The van der Waals surface area contributed by atoms with Crippen LogP contribution in [-0.4, -0.2) is 53.1 Å². The number of anilines is 1. The van der Waals surface area contributed by atoms with Crippen molar-refractivity contribution in [2.24, 2.45) is 12.0 Å². The monoisotopic (exact) mass is 508 g/mol. The number of hydrogen-bond acceptors (Lipinski definition) is 6. The molecule has 0 bridgehead atoms. The van der Waals surface area contributed by atoms with E-state index in [0.29, 0.717) is 16.7 Å². The molecule has 1 fully saturated rings. The van der Waals surface area contributed by atoms with Crippen LogP contribution in [0, 0.1) is 0 Å². The summed E-state index contributed by atoms with van der Waals surface area (Å²) in [5, 5.41) is 4.04. The molecule has 2 aromatic rings. The number of amides is 1. The van der Waals surface area contributed by atoms with E-state index in [4.69, 9.17) is 2.74 Å². The molecular weight excluding hydrogens is 484 g/mol. The Bertz CT molecular complexity index is 1320. The third-order valence-electron chi connectivity index (χ3n) is 5.70. The van der Waals surface area contributed by atoms with Gasteiger partial charge in [-0.25, -0.2) is 13.1 Å². The highest BCUT2D eigenvalue weighted by Crippen LogP contribution is 2.42. The maximum atomic E-state index is 13.7. The van der Waals surface area contributed by atoms with Gasteiger partial charge in [0.1, 0.15) is 0 Å². The van der Waals surface area contributed by atoms with Gasteiger partial charge in [0.05, 0.1) is 44.2 Å². The predicted octanol–water partition coefficient (Wildman–Crippen LogP) is 2.23. The molecule has 11 heteroatoms. The van der Waals surface area contributed by atoms with Crippen LogP contribution >= 0.6 is 15.9 Å². The minimum atomic E-state index is -3.88. The molecule has 1 N–H and O–H groups in total. The van der Waals surface area contributed by atoms with Crippen molar-refractivity contribution in [2.75, 3.05) is 11.4 Å². The number of aryl methyl sites for hydroxylation is 1. The first-order valence-corrected chi connectivity index (χ1v) is 12.2. The van der Waals surface area contributed by atoms with Gasteiger partial charge in [-0.15, -0.1) is 0 Å². The molecule has 1 aromatic heterocycles. The Morgan fingerprint density at radius 2 is 2.13 bits per heavy atom. The van der Waals surface area contributed by atoms with Crippen LogP contribution in [0.4, 0.5) is 5.69 Å². The molecule has 0 radical (unpaired) electrons. The lowest BCUT2D eigenvalue weighted by Crippen LogP contribution is -2.52. The van der Waals surface area contributed by atoms with Crippen LogP contribution in [0.25, 0.3) is 0 Å². The van der Waals surface area contributed by atoms with Gasteiger partial charge in [0.2, 0.25) is 16.0 Å². The smallest absolute Gasteiger partial charge is 0.263 e. The van der Waals surface area contributed by atoms with E-state index in [1.165, 1.54) is 29.2 Å². The first-order valence-electron chi connectivity index (χ1n) is 10.9. The summed E-state index contributed by atoms with van der Waals surface area (Å²) in [5.41, 5.74) is 0.290. The zero-order valence-corrected chi connectivity index (χ0v) is 19.7. The van der Waals surface area contributed by atoms with Gasteiger partial charge >= 0.3 is 0 Å². The molecule has 1 amide bonds. The van der Waals surface area contributed by atoms with Crippen molar-refractivity contribution >= 4 is 43.5 Å². The number of fused-ring (bicyclic) bond motifs is 3. The molecule has 1 aliphatic carbocycles. The highest BCUT2D eigenvalue weighted by molar-refractivity contribution is 9.10. The largest absolute Gasteiger partial charge is 0.306 e. The molecule has 31 heavy (non-hydrogen) atoms. The van der Waals surface area contributed by atoms with Crippen LogP contribution in [0.1, 0.15) is 45.4 Å². The van der Waals surface area contributed by atoms with Gasteiger partial charge in [-0.1, -0.05) is 0 Å². The van der Waals surface area contributed by atoms with Crippen molar-refractivity contribution in [1.29, 1.82) is 0 Å². The average Bonchev–Trinajstić information content (AvgIpc) is 3.08. The van der Waals surface area contributed by atoms with Crippen LogP contribution in [0.5, 0.6) is 0 Å². The SMILES string of the molecule is [2H]C([2H])(c1cnn(C)c1)N1C(=O)c2cc(S(=O)(=O)NC3(C)CC3)cc(Br)c2N2C1=NC[C@H]2C. The molecule has 1 saturated carbocycles. The molecule has 5 rings (SSSR count). The molecule has 0 saturated heterocycles. The topological polar surface area (TPSA) is 99.9 Å². The molecule has 0 unspecified atom stereocenters. The Kier molecular flexibility index (Phi) is 4.07. The van der Waals surface area contributed by atoms with Crippen LogP contribution < -0.4 is 9.62 Å². The Morgan fingerprint density at radius 1 is 1.39 bits per heavy atom. The molecule has 3 aliphatic rings. The van der Waals surface area contributed by atoms with Gasteiger partial charge in [-0.3, -0.25) is 19.4 Å². The van der Waals surface area contributed by atoms with Crippen LogP contribution in [-0.2, 0) is 23.6 Å². The first kappa shape index (κ1) is 18.3. The second-order valence-corrected chi connectivity index (χ2v) is 11.0. The number of nitrogens with one attached hydrogen (secondary N) is 1. The van der Waals surface area contributed by atoms with Gasteiger partial charge < -0.3 is 4.90 Å². The highest BCUT2D eigenvalue weighted by Gasteiger charge is 2.44. The van der Waals surface area contributed by atoms with Crippen LogP contribution in [0.3, 0.4) is 0 Å². The van der Waals surface area contributed by atoms with Crippen molar-refractivity contribution in [1.82, 2.24) is 19.4 Å². The Balaban J connectivity index is 1.66. The van der Waals surface area contributed by atoms with Crippen molar-refractivity contribution in [3.63, 3.8) is 0 Å². The summed E-state index contributed by atoms with van der Waals surface area (Å²) in [6.45, 7) is 1.86. The number of halogens is 1. The fourth-order valence-corrected chi connectivity index (χ4v) is 6.12. The number of sulfonamides is 1. The summed E-state index contributed by atoms with van der Waals surface area (Å²) in [6.07, 6.45) is 4.37. The number of benzene rings is 1. The van der Waals surface area contributed by atoms with Crippen LogP contribution in [0.15, 0.2) is 38.9 Å². The Labute approximate surface area is 192 Å². The number of rotatable bonds is 5. The van der Waals surface area contributed by atoms with Gasteiger partial charge in [0, 0.05) is 28.8 Å². The van der Waals surface area contributed by atoms with E-state index >= 15 is 0 Å². The standard InChI is InChI=1S/C20H23BrN6O3S/c1-12-8-22-19-26(11-13-9-23-25(3)10-13)18(28)15-6-14(7-16(21)17(15)27(12)19)31(29,30)24-20(2)4-5-20/h6-7,9-10,12,24H,4-5,8,11H2,1-3H3/t12-/m1/s1/i11D2.